The number of pyridine rings is 1. The minimum atomic E-state index is -0.546. The number of nitrogens with zero attached hydrogens (tertiary/aromatic N) is 4. The minimum absolute atomic E-state index is 0.112. The summed E-state index contributed by atoms with van der Waals surface area (Å²) in [6.45, 7) is 1.98. The number of esters is 1. The highest BCUT2D eigenvalue weighted by atomic mass is 16.5. The van der Waals surface area contributed by atoms with Gasteiger partial charge in [0.25, 0.3) is 0 Å². The van der Waals surface area contributed by atoms with Crippen molar-refractivity contribution in [3.63, 3.8) is 0 Å². The van der Waals surface area contributed by atoms with Gasteiger partial charge >= 0.3 is 5.97 Å². The van der Waals surface area contributed by atoms with Crippen LogP contribution >= 0.6 is 0 Å². The van der Waals surface area contributed by atoms with Crippen LogP contribution < -0.4 is 0 Å². The molecule has 0 fully saturated rings. The summed E-state index contributed by atoms with van der Waals surface area (Å²) in [4.78, 5) is 16.3. The SMILES string of the molecule is CCOC(=O)c1nc2ccccn2c1N=Nc1ccc(O)cc1. The number of aromatic hydroxyl groups is 1. The molecule has 116 valence electrons. The Morgan fingerprint density at radius 2 is 2.00 bits per heavy atom. The van der Waals surface area contributed by atoms with Gasteiger partial charge in [-0.05, 0) is 43.3 Å². The average Bonchev–Trinajstić information content (AvgIpc) is 2.93. The standard InChI is InChI=1S/C16H14N4O3/c1-2-23-16(22)14-15(20-10-4-3-5-13(20)17-14)19-18-11-6-8-12(21)9-7-11/h3-10,21H,2H2,1H3. The van der Waals surface area contributed by atoms with Crippen LogP contribution in [0.15, 0.2) is 58.9 Å². The molecule has 1 aromatic carbocycles. The van der Waals surface area contributed by atoms with Gasteiger partial charge in [-0.1, -0.05) is 6.07 Å². The van der Waals surface area contributed by atoms with Crippen molar-refractivity contribution in [2.24, 2.45) is 10.2 Å². The minimum Gasteiger partial charge on any atom is -0.508 e. The molecule has 0 aliphatic rings. The molecule has 0 spiro atoms. The zero-order chi connectivity index (χ0) is 16.2. The van der Waals surface area contributed by atoms with E-state index >= 15 is 0 Å². The van der Waals surface area contributed by atoms with Crippen LogP contribution in [0.5, 0.6) is 5.75 Å². The van der Waals surface area contributed by atoms with Crippen molar-refractivity contribution in [3.05, 3.63) is 54.4 Å². The van der Waals surface area contributed by atoms with Gasteiger partial charge in [0, 0.05) is 6.20 Å². The number of carbonyl (C=O) groups is 1. The lowest BCUT2D eigenvalue weighted by Gasteiger charge is -1.99. The number of azo groups is 1. The number of phenols is 1. The van der Waals surface area contributed by atoms with Crippen LogP contribution in [0.2, 0.25) is 0 Å². The summed E-state index contributed by atoms with van der Waals surface area (Å²) < 4.78 is 6.68. The molecule has 7 nitrogen and oxygen atoms in total. The van der Waals surface area contributed by atoms with Crippen LogP contribution in [-0.4, -0.2) is 27.1 Å². The molecule has 0 radical (unpaired) electrons. The summed E-state index contributed by atoms with van der Waals surface area (Å²) in [6.07, 6.45) is 1.75. The van der Waals surface area contributed by atoms with E-state index in [1.807, 2.05) is 12.1 Å². The maximum absolute atomic E-state index is 12.1. The molecule has 0 unspecified atom stereocenters. The second-order valence-electron chi connectivity index (χ2n) is 4.65. The Bertz CT molecular complexity index is 869. The Kier molecular flexibility index (Phi) is 4.01. The topological polar surface area (TPSA) is 88.5 Å². The van der Waals surface area contributed by atoms with E-state index in [9.17, 15) is 9.90 Å². The van der Waals surface area contributed by atoms with Gasteiger partial charge in [-0.2, -0.15) is 0 Å². The number of ether oxygens (including phenoxy) is 1. The summed E-state index contributed by atoms with van der Waals surface area (Å²) in [5.41, 5.74) is 1.24. The number of carbonyl (C=O) groups excluding carboxylic acids is 1. The van der Waals surface area contributed by atoms with E-state index in [4.69, 9.17) is 4.74 Å². The zero-order valence-corrected chi connectivity index (χ0v) is 12.4. The number of aromatic nitrogens is 2. The van der Waals surface area contributed by atoms with Crippen LogP contribution in [-0.2, 0) is 4.74 Å². The average molecular weight is 310 g/mol. The van der Waals surface area contributed by atoms with E-state index in [-0.39, 0.29) is 18.1 Å². The van der Waals surface area contributed by atoms with Crippen LogP contribution in [0.4, 0.5) is 11.5 Å². The van der Waals surface area contributed by atoms with Gasteiger partial charge in [0.1, 0.15) is 11.4 Å². The molecule has 0 saturated heterocycles. The first kappa shape index (κ1) is 14.7. The number of rotatable bonds is 4. The lowest BCUT2D eigenvalue weighted by Crippen LogP contribution is -2.05. The molecule has 0 bridgehead atoms. The number of hydrogen-bond donors (Lipinski definition) is 1. The third kappa shape index (κ3) is 3.03. The lowest BCUT2D eigenvalue weighted by molar-refractivity contribution is 0.0521. The van der Waals surface area contributed by atoms with Crippen LogP contribution in [0.3, 0.4) is 0 Å². The van der Waals surface area contributed by atoms with Crippen LogP contribution in [0.25, 0.3) is 5.65 Å². The summed E-state index contributed by atoms with van der Waals surface area (Å²) in [7, 11) is 0. The lowest BCUT2D eigenvalue weighted by atomic mass is 10.3. The third-order valence-corrected chi connectivity index (χ3v) is 3.08. The van der Waals surface area contributed by atoms with E-state index < -0.39 is 5.97 Å². The smallest absolute Gasteiger partial charge is 0.360 e. The first-order valence-corrected chi connectivity index (χ1v) is 7.04. The van der Waals surface area contributed by atoms with Gasteiger partial charge in [0.05, 0.1) is 12.3 Å². The van der Waals surface area contributed by atoms with E-state index in [1.165, 1.54) is 12.1 Å². The predicted molar refractivity (Wildman–Crippen MR) is 83.4 cm³/mol. The molecular formula is C16H14N4O3. The first-order valence-electron chi connectivity index (χ1n) is 7.04. The predicted octanol–water partition coefficient (Wildman–Crippen LogP) is 3.63. The molecule has 0 aliphatic heterocycles. The Balaban J connectivity index is 2.05. The van der Waals surface area contributed by atoms with Gasteiger partial charge in [0.15, 0.2) is 11.5 Å². The van der Waals surface area contributed by atoms with E-state index in [0.29, 0.717) is 17.2 Å². The van der Waals surface area contributed by atoms with Gasteiger partial charge in [-0.25, -0.2) is 9.78 Å². The maximum atomic E-state index is 12.1. The Morgan fingerprint density at radius 1 is 1.22 bits per heavy atom. The van der Waals surface area contributed by atoms with Crippen molar-refractivity contribution in [1.82, 2.24) is 9.38 Å². The second kappa shape index (κ2) is 6.27. The van der Waals surface area contributed by atoms with Crippen molar-refractivity contribution in [2.75, 3.05) is 6.61 Å². The summed E-state index contributed by atoms with van der Waals surface area (Å²) in [5.74, 6) is -0.103. The van der Waals surface area contributed by atoms with Crippen LogP contribution in [0.1, 0.15) is 17.4 Å². The summed E-state index contributed by atoms with van der Waals surface area (Å²) in [5, 5.41) is 17.5. The van der Waals surface area contributed by atoms with E-state index in [0.717, 1.165) is 0 Å². The van der Waals surface area contributed by atoms with Gasteiger partial charge in [-0.15, -0.1) is 10.2 Å². The van der Waals surface area contributed by atoms with E-state index in [2.05, 4.69) is 15.2 Å². The molecule has 0 aliphatic carbocycles. The number of fused-ring (bicyclic) bond motifs is 1. The highest BCUT2D eigenvalue weighted by Gasteiger charge is 2.20. The molecule has 0 atom stereocenters. The summed E-state index contributed by atoms with van der Waals surface area (Å²) >= 11 is 0. The van der Waals surface area contributed by atoms with Crippen LogP contribution in [0, 0.1) is 0 Å². The fraction of sp³-hybridized carbons (Fsp3) is 0.125. The highest BCUT2D eigenvalue weighted by Crippen LogP contribution is 2.25. The largest absolute Gasteiger partial charge is 0.508 e. The summed E-state index contributed by atoms with van der Waals surface area (Å²) in [6, 6.07) is 11.6. The number of benzene rings is 1. The molecule has 3 rings (SSSR count). The van der Waals surface area contributed by atoms with Crippen molar-refractivity contribution in [1.29, 1.82) is 0 Å². The number of phenolic OH excluding ortho intramolecular Hbond substituents is 1. The first-order chi connectivity index (χ1) is 11.2. The molecular weight excluding hydrogens is 296 g/mol. The van der Waals surface area contributed by atoms with Crippen molar-refractivity contribution in [2.45, 2.75) is 6.92 Å². The Morgan fingerprint density at radius 3 is 2.74 bits per heavy atom. The monoisotopic (exact) mass is 310 g/mol. The zero-order valence-electron chi connectivity index (χ0n) is 12.4. The third-order valence-electron chi connectivity index (χ3n) is 3.08. The van der Waals surface area contributed by atoms with Crippen molar-refractivity contribution < 1.29 is 14.6 Å². The maximum Gasteiger partial charge on any atom is 0.360 e. The molecule has 0 saturated carbocycles. The quantitative estimate of drug-likeness (QED) is 0.588. The van der Waals surface area contributed by atoms with Gasteiger partial charge in [0.2, 0.25) is 0 Å². The molecule has 3 aromatic rings. The van der Waals surface area contributed by atoms with Gasteiger partial charge < -0.3 is 9.84 Å². The number of hydrogen-bond acceptors (Lipinski definition) is 6. The fourth-order valence-corrected chi connectivity index (χ4v) is 2.04. The number of imidazole rings is 1. The molecule has 7 heteroatoms. The molecule has 2 aromatic heterocycles. The molecule has 1 N–H and O–H groups in total. The second-order valence-corrected chi connectivity index (χ2v) is 4.65. The van der Waals surface area contributed by atoms with Gasteiger partial charge in [-0.3, -0.25) is 4.40 Å². The highest BCUT2D eigenvalue weighted by molar-refractivity contribution is 5.93. The van der Waals surface area contributed by atoms with E-state index in [1.54, 1.807) is 35.7 Å². The Labute approximate surface area is 131 Å². The Hall–Kier alpha value is -3.22. The van der Waals surface area contributed by atoms with Crippen molar-refractivity contribution >= 4 is 23.1 Å². The van der Waals surface area contributed by atoms with Crippen molar-refractivity contribution in [3.8, 4) is 5.75 Å². The molecule has 0 amide bonds. The molecule has 23 heavy (non-hydrogen) atoms. The fourth-order valence-electron chi connectivity index (χ4n) is 2.04. The molecule has 2 heterocycles. The normalized spacial score (nSPS) is 11.2.